The van der Waals surface area contributed by atoms with Gasteiger partial charge in [-0.1, -0.05) is 15.9 Å². The van der Waals surface area contributed by atoms with Crippen LogP contribution in [0.1, 0.15) is 11.3 Å². The number of halogens is 5. The van der Waals surface area contributed by atoms with Crippen LogP contribution in [0.2, 0.25) is 0 Å². The van der Waals surface area contributed by atoms with Gasteiger partial charge in [-0.05, 0) is 19.1 Å². The molecular formula is C12H9BrF4N2. The number of alkyl halides is 3. The number of aromatic nitrogens is 1. The number of hydrogen-bond donors (Lipinski definition) is 1. The molecule has 1 aromatic carbocycles. The molecule has 0 saturated heterocycles. The number of hydrogen-bond acceptors (Lipinski definition) is 2. The Morgan fingerprint density at radius 1 is 1.26 bits per heavy atom. The van der Waals surface area contributed by atoms with Gasteiger partial charge in [0, 0.05) is 28.2 Å². The molecule has 2 nitrogen and oxygen atoms in total. The van der Waals surface area contributed by atoms with Gasteiger partial charge >= 0.3 is 6.18 Å². The topological polar surface area (TPSA) is 24.9 Å². The highest BCUT2D eigenvalue weighted by atomic mass is 79.9. The zero-order chi connectivity index (χ0) is 14.4. The Morgan fingerprint density at radius 3 is 2.42 bits per heavy atom. The van der Waals surface area contributed by atoms with Gasteiger partial charge in [0.2, 0.25) is 0 Å². The summed E-state index contributed by atoms with van der Waals surface area (Å²) in [6, 6.07) is 2.52. The van der Waals surface area contributed by atoms with E-state index in [0.717, 1.165) is 6.07 Å². The van der Waals surface area contributed by atoms with E-state index in [1.165, 1.54) is 20.0 Å². The Morgan fingerprint density at radius 2 is 1.89 bits per heavy atom. The summed E-state index contributed by atoms with van der Waals surface area (Å²) in [5.41, 5.74) is -1.24. The monoisotopic (exact) mass is 336 g/mol. The van der Waals surface area contributed by atoms with Crippen LogP contribution in [0.25, 0.3) is 10.9 Å². The Balaban J connectivity index is 2.99. The van der Waals surface area contributed by atoms with Crippen LogP contribution < -0.4 is 5.32 Å². The van der Waals surface area contributed by atoms with Crippen molar-refractivity contribution in [2.75, 3.05) is 12.4 Å². The second kappa shape index (κ2) is 4.63. The first-order valence-electron chi connectivity index (χ1n) is 5.30. The molecule has 1 aromatic heterocycles. The third-order valence-corrected chi connectivity index (χ3v) is 3.46. The minimum atomic E-state index is -4.63. The molecule has 7 heteroatoms. The largest absolute Gasteiger partial charge is 0.433 e. The van der Waals surface area contributed by atoms with Crippen LogP contribution in [0.4, 0.5) is 23.2 Å². The lowest BCUT2D eigenvalue weighted by atomic mass is 10.1. The van der Waals surface area contributed by atoms with Crippen molar-refractivity contribution < 1.29 is 17.6 Å². The lowest BCUT2D eigenvalue weighted by molar-refractivity contribution is -0.141. The van der Waals surface area contributed by atoms with E-state index in [1.807, 2.05) is 0 Å². The molecular weight excluding hydrogens is 328 g/mol. The highest BCUT2D eigenvalue weighted by Gasteiger charge is 2.36. The van der Waals surface area contributed by atoms with E-state index < -0.39 is 17.7 Å². The number of nitrogens with zero attached hydrogens (tertiary/aromatic N) is 1. The Labute approximate surface area is 115 Å². The number of rotatable bonds is 1. The van der Waals surface area contributed by atoms with Crippen LogP contribution in [0.3, 0.4) is 0 Å². The minimum absolute atomic E-state index is 0.0613. The number of pyridine rings is 1. The molecule has 0 unspecified atom stereocenters. The molecule has 0 aliphatic rings. The van der Waals surface area contributed by atoms with Gasteiger partial charge in [-0.2, -0.15) is 13.2 Å². The average molecular weight is 337 g/mol. The van der Waals surface area contributed by atoms with Gasteiger partial charge < -0.3 is 5.32 Å². The van der Waals surface area contributed by atoms with E-state index in [9.17, 15) is 17.6 Å². The fraction of sp³-hybridized carbons (Fsp3) is 0.250. The second-order valence-electron chi connectivity index (χ2n) is 3.96. The SMILES string of the molecule is CNc1c(C)c(C(F)(F)F)nc2c(F)ccc(Br)c12. The Hall–Kier alpha value is -1.37. The maximum atomic E-state index is 13.7. The van der Waals surface area contributed by atoms with Crippen LogP contribution in [0.15, 0.2) is 16.6 Å². The van der Waals surface area contributed by atoms with Crippen molar-refractivity contribution in [2.45, 2.75) is 13.1 Å². The van der Waals surface area contributed by atoms with Crippen molar-refractivity contribution in [1.29, 1.82) is 0 Å². The third kappa shape index (κ3) is 2.27. The van der Waals surface area contributed by atoms with Gasteiger partial charge in [0.1, 0.15) is 17.0 Å². The molecule has 1 N–H and O–H groups in total. The summed E-state index contributed by atoms with van der Waals surface area (Å²) in [7, 11) is 1.49. The van der Waals surface area contributed by atoms with Crippen molar-refractivity contribution in [3.05, 3.63) is 33.7 Å². The minimum Gasteiger partial charge on any atom is -0.387 e. The predicted octanol–water partition coefficient (Wildman–Crippen LogP) is 4.51. The number of fused-ring (bicyclic) bond motifs is 1. The summed E-state index contributed by atoms with van der Waals surface area (Å²) in [5.74, 6) is -0.791. The van der Waals surface area contributed by atoms with E-state index in [4.69, 9.17) is 0 Å². The molecule has 2 rings (SSSR count). The zero-order valence-corrected chi connectivity index (χ0v) is 11.6. The number of nitrogens with one attached hydrogen (secondary N) is 1. The zero-order valence-electron chi connectivity index (χ0n) is 9.99. The molecule has 0 saturated carbocycles. The summed E-state index contributed by atoms with van der Waals surface area (Å²) in [6.07, 6.45) is -4.63. The first-order valence-corrected chi connectivity index (χ1v) is 6.10. The van der Waals surface area contributed by atoms with Gasteiger partial charge in [-0.3, -0.25) is 0 Å². The third-order valence-electron chi connectivity index (χ3n) is 2.80. The highest BCUT2D eigenvalue weighted by Crippen LogP contribution is 2.39. The summed E-state index contributed by atoms with van der Waals surface area (Å²) in [4.78, 5) is 3.44. The highest BCUT2D eigenvalue weighted by molar-refractivity contribution is 9.10. The van der Waals surface area contributed by atoms with Gasteiger partial charge in [-0.15, -0.1) is 0 Å². The van der Waals surface area contributed by atoms with Gasteiger partial charge in [-0.25, -0.2) is 9.37 Å². The Kier molecular flexibility index (Phi) is 3.42. The van der Waals surface area contributed by atoms with Crippen molar-refractivity contribution in [2.24, 2.45) is 0 Å². The molecule has 0 atom stereocenters. The van der Waals surface area contributed by atoms with Crippen LogP contribution in [-0.2, 0) is 6.18 Å². The maximum Gasteiger partial charge on any atom is 0.433 e. The van der Waals surface area contributed by atoms with Gasteiger partial charge in [0.25, 0.3) is 0 Å². The summed E-state index contributed by atoms with van der Waals surface area (Å²) >= 11 is 3.20. The van der Waals surface area contributed by atoms with Crippen LogP contribution >= 0.6 is 15.9 Å². The fourth-order valence-electron chi connectivity index (χ4n) is 1.98. The molecule has 0 aliphatic heterocycles. The first kappa shape index (κ1) is 14.0. The van der Waals surface area contributed by atoms with Crippen LogP contribution in [0.5, 0.6) is 0 Å². The van der Waals surface area contributed by atoms with Gasteiger partial charge in [0.05, 0.1) is 0 Å². The first-order chi connectivity index (χ1) is 8.77. The molecule has 102 valence electrons. The summed E-state index contributed by atoms with van der Waals surface area (Å²) < 4.78 is 52.9. The average Bonchev–Trinajstić information content (AvgIpc) is 2.32. The maximum absolute atomic E-state index is 13.7. The number of anilines is 1. The second-order valence-corrected chi connectivity index (χ2v) is 4.82. The number of benzene rings is 1. The summed E-state index contributed by atoms with van der Waals surface area (Å²) in [5, 5.41) is 2.98. The summed E-state index contributed by atoms with van der Waals surface area (Å²) in [6.45, 7) is 1.30. The van der Waals surface area contributed by atoms with Gasteiger partial charge in [0.15, 0.2) is 0 Å². The smallest absolute Gasteiger partial charge is 0.387 e. The molecule has 0 radical (unpaired) electrons. The fourth-order valence-corrected chi connectivity index (χ4v) is 2.50. The predicted molar refractivity (Wildman–Crippen MR) is 68.7 cm³/mol. The van der Waals surface area contributed by atoms with E-state index in [2.05, 4.69) is 26.2 Å². The molecule has 0 spiro atoms. The van der Waals surface area contributed by atoms with E-state index in [1.54, 1.807) is 0 Å². The standard InChI is InChI=1S/C12H9BrF4N2/c1-5-9(18-2)8-6(13)3-4-7(14)10(8)19-11(5)12(15,16)17/h3-4H,1-2H3,(H,18,19). The normalized spacial score (nSPS) is 11.9. The molecule has 2 aromatic rings. The van der Waals surface area contributed by atoms with E-state index in [0.29, 0.717) is 9.86 Å². The molecule has 1 heterocycles. The molecule has 0 fully saturated rings. The van der Waals surface area contributed by atoms with E-state index in [-0.39, 0.29) is 16.8 Å². The van der Waals surface area contributed by atoms with Crippen molar-refractivity contribution >= 4 is 32.5 Å². The Bertz CT molecular complexity index is 652. The van der Waals surface area contributed by atoms with Crippen molar-refractivity contribution in [3.8, 4) is 0 Å². The van der Waals surface area contributed by atoms with E-state index >= 15 is 0 Å². The lowest BCUT2D eigenvalue weighted by Gasteiger charge is -2.16. The molecule has 19 heavy (non-hydrogen) atoms. The molecule has 0 amide bonds. The van der Waals surface area contributed by atoms with Crippen LogP contribution in [0, 0.1) is 12.7 Å². The lowest BCUT2D eigenvalue weighted by Crippen LogP contribution is -2.13. The quantitative estimate of drug-likeness (QED) is 0.775. The van der Waals surface area contributed by atoms with Crippen molar-refractivity contribution in [1.82, 2.24) is 4.98 Å². The van der Waals surface area contributed by atoms with Crippen molar-refractivity contribution in [3.63, 3.8) is 0 Å². The van der Waals surface area contributed by atoms with Crippen LogP contribution in [-0.4, -0.2) is 12.0 Å². The molecule has 0 aliphatic carbocycles. The molecule has 0 bridgehead atoms.